The van der Waals surface area contributed by atoms with Gasteiger partial charge in [0.05, 0.1) is 14.2 Å². The third-order valence-electron chi connectivity index (χ3n) is 5.91. The number of carbonyl (C=O) groups is 2. The van der Waals surface area contributed by atoms with Crippen molar-refractivity contribution in [2.75, 3.05) is 27.8 Å². The van der Waals surface area contributed by atoms with Gasteiger partial charge in [0.1, 0.15) is 22.1 Å². The van der Waals surface area contributed by atoms with E-state index in [0.717, 1.165) is 11.4 Å². The molecule has 2 atom stereocenters. The maximum Gasteiger partial charge on any atom is 0.236 e. The lowest BCUT2D eigenvalue weighted by atomic mass is 9.70. The highest BCUT2D eigenvalue weighted by Crippen LogP contribution is 2.54. The molecular weight excluding hydrogens is 396 g/mol. The Kier molecular flexibility index (Phi) is 4.91. The van der Waals surface area contributed by atoms with E-state index in [4.69, 9.17) is 25.8 Å². The first-order chi connectivity index (χ1) is 13.9. The van der Waals surface area contributed by atoms with E-state index in [1.807, 2.05) is 14.0 Å². The first-order valence-electron chi connectivity index (χ1n) is 9.55. The summed E-state index contributed by atoms with van der Waals surface area (Å²) in [6.45, 7) is 2.52. The van der Waals surface area contributed by atoms with E-state index in [2.05, 4.69) is 10.3 Å². The Labute approximate surface area is 174 Å². The fourth-order valence-electron chi connectivity index (χ4n) is 4.43. The standard InChI is InChI=1S/C21H23ClN2O5/c1-10-7-13-12(6-5-11(24-13)9-23-2)19(25)21(10)20(26)16-14(27-3)8-15(28-4)17(22)18(16)29-21/h8,10,23H,5-7,9H2,1-4H3. The number of ether oxygens (including phenoxy) is 3. The van der Waals surface area contributed by atoms with Gasteiger partial charge in [0.25, 0.3) is 0 Å². The summed E-state index contributed by atoms with van der Waals surface area (Å²) in [6.07, 6.45) is 1.70. The summed E-state index contributed by atoms with van der Waals surface area (Å²) in [5.41, 5.74) is 0.899. The van der Waals surface area contributed by atoms with Crippen molar-refractivity contribution >= 4 is 28.9 Å². The van der Waals surface area contributed by atoms with Crippen molar-refractivity contribution in [3.05, 3.63) is 27.9 Å². The monoisotopic (exact) mass is 418 g/mol. The number of benzene rings is 1. The van der Waals surface area contributed by atoms with Gasteiger partial charge < -0.3 is 19.5 Å². The zero-order chi connectivity index (χ0) is 20.9. The molecule has 1 aliphatic carbocycles. The van der Waals surface area contributed by atoms with Crippen LogP contribution < -0.4 is 19.5 Å². The number of hydrogen-bond acceptors (Lipinski definition) is 7. The van der Waals surface area contributed by atoms with Crippen molar-refractivity contribution in [2.45, 2.75) is 31.8 Å². The van der Waals surface area contributed by atoms with Gasteiger partial charge in [-0.3, -0.25) is 14.6 Å². The molecule has 29 heavy (non-hydrogen) atoms. The number of rotatable bonds is 4. The summed E-state index contributed by atoms with van der Waals surface area (Å²) in [5, 5.41) is 3.25. The predicted octanol–water partition coefficient (Wildman–Crippen LogP) is 2.99. The maximum absolute atomic E-state index is 13.6. The lowest BCUT2D eigenvalue weighted by molar-refractivity contribution is -0.130. The first-order valence-corrected chi connectivity index (χ1v) is 9.92. The van der Waals surface area contributed by atoms with Crippen LogP contribution >= 0.6 is 11.6 Å². The Balaban J connectivity index is 1.83. The second-order valence-electron chi connectivity index (χ2n) is 7.53. The number of fused-ring (bicyclic) bond motifs is 1. The Bertz CT molecular complexity index is 984. The Morgan fingerprint density at radius 1 is 1.24 bits per heavy atom. The SMILES string of the molecule is CNCC1=NC2=C(CC1)C(=O)C1(Oc3c(Cl)c(OC)cc(OC)c3C1=O)C(C)C2. The van der Waals surface area contributed by atoms with Crippen molar-refractivity contribution < 1.29 is 23.8 Å². The van der Waals surface area contributed by atoms with E-state index >= 15 is 0 Å². The highest BCUT2D eigenvalue weighted by Gasteiger charge is 2.62. The zero-order valence-corrected chi connectivity index (χ0v) is 17.6. The lowest BCUT2D eigenvalue weighted by Crippen LogP contribution is -2.56. The maximum atomic E-state index is 13.6. The molecule has 4 rings (SSSR count). The second kappa shape index (κ2) is 7.15. The summed E-state index contributed by atoms with van der Waals surface area (Å²) < 4.78 is 16.8. The fourth-order valence-corrected chi connectivity index (χ4v) is 4.70. The van der Waals surface area contributed by atoms with E-state index in [1.54, 1.807) is 6.07 Å². The number of nitrogens with zero attached hydrogens (tertiary/aromatic N) is 1. The molecule has 2 unspecified atom stereocenters. The van der Waals surface area contributed by atoms with Crippen LogP contribution in [0.15, 0.2) is 22.3 Å². The molecule has 1 spiro atoms. The zero-order valence-electron chi connectivity index (χ0n) is 16.8. The molecule has 0 fully saturated rings. The van der Waals surface area contributed by atoms with Crippen LogP contribution in [0.25, 0.3) is 0 Å². The first kappa shape index (κ1) is 19.9. The van der Waals surface area contributed by atoms with E-state index in [9.17, 15) is 9.59 Å². The predicted molar refractivity (Wildman–Crippen MR) is 109 cm³/mol. The van der Waals surface area contributed by atoms with Crippen LogP contribution in [0.1, 0.15) is 36.5 Å². The topological polar surface area (TPSA) is 86.2 Å². The molecule has 2 heterocycles. The van der Waals surface area contributed by atoms with E-state index in [-0.39, 0.29) is 27.9 Å². The van der Waals surface area contributed by atoms with Crippen LogP contribution in [0.4, 0.5) is 0 Å². The van der Waals surface area contributed by atoms with Gasteiger partial charge in [-0.15, -0.1) is 0 Å². The minimum absolute atomic E-state index is 0.146. The molecule has 0 radical (unpaired) electrons. The molecule has 154 valence electrons. The van der Waals surface area contributed by atoms with Crippen LogP contribution in [0, 0.1) is 5.92 Å². The number of nitrogens with one attached hydrogen (secondary N) is 1. The fraction of sp³-hybridized carbons (Fsp3) is 0.476. The molecule has 0 amide bonds. The van der Waals surface area contributed by atoms with Gasteiger partial charge in [-0.05, 0) is 26.3 Å². The van der Waals surface area contributed by atoms with Crippen LogP contribution in [0.2, 0.25) is 5.02 Å². The largest absolute Gasteiger partial charge is 0.496 e. The minimum Gasteiger partial charge on any atom is -0.496 e. The molecule has 1 aromatic rings. The number of hydrogen-bond donors (Lipinski definition) is 1. The van der Waals surface area contributed by atoms with Gasteiger partial charge in [0.15, 0.2) is 5.75 Å². The molecule has 0 saturated carbocycles. The number of allylic oxidation sites excluding steroid dienone is 1. The average Bonchev–Trinajstić information content (AvgIpc) is 3.02. The highest BCUT2D eigenvalue weighted by atomic mass is 35.5. The summed E-state index contributed by atoms with van der Waals surface area (Å²) in [7, 11) is 4.78. The molecule has 0 aromatic heterocycles. The number of Topliss-reactive ketones (excluding diaryl/α,β-unsaturated/α-hetero) is 2. The Morgan fingerprint density at radius 2 is 1.97 bits per heavy atom. The molecule has 0 bridgehead atoms. The van der Waals surface area contributed by atoms with Crippen molar-refractivity contribution in [3.8, 4) is 17.2 Å². The van der Waals surface area contributed by atoms with Crippen molar-refractivity contribution in [1.82, 2.24) is 5.32 Å². The molecule has 0 saturated heterocycles. The van der Waals surface area contributed by atoms with E-state index in [1.165, 1.54) is 14.2 Å². The van der Waals surface area contributed by atoms with E-state index in [0.29, 0.717) is 37.1 Å². The van der Waals surface area contributed by atoms with Gasteiger partial charge >= 0.3 is 0 Å². The third-order valence-corrected chi connectivity index (χ3v) is 6.27. The molecule has 3 aliphatic rings. The lowest BCUT2D eigenvalue weighted by Gasteiger charge is -2.38. The van der Waals surface area contributed by atoms with Crippen LogP contribution in [-0.4, -0.2) is 50.7 Å². The smallest absolute Gasteiger partial charge is 0.236 e. The third kappa shape index (κ3) is 2.71. The van der Waals surface area contributed by atoms with Crippen molar-refractivity contribution in [2.24, 2.45) is 10.9 Å². The van der Waals surface area contributed by atoms with Crippen LogP contribution in [0.3, 0.4) is 0 Å². The van der Waals surface area contributed by atoms with Gasteiger partial charge in [-0.2, -0.15) is 0 Å². The summed E-state index contributed by atoms with van der Waals surface area (Å²) in [5.74, 6) is -0.395. The quantitative estimate of drug-likeness (QED) is 0.756. The van der Waals surface area contributed by atoms with E-state index < -0.39 is 17.3 Å². The summed E-state index contributed by atoms with van der Waals surface area (Å²) in [4.78, 5) is 31.9. The molecule has 8 heteroatoms. The average molecular weight is 419 g/mol. The summed E-state index contributed by atoms with van der Waals surface area (Å²) in [6, 6.07) is 1.54. The number of halogens is 1. The summed E-state index contributed by atoms with van der Waals surface area (Å²) >= 11 is 6.43. The van der Waals surface area contributed by atoms with Crippen molar-refractivity contribution in [3.63, 3.8) is 0 Å². The minimum atomic E-state index is -1.64. The highest BCUT2D eigenvalue weighted by molar-refractivity contribution is 6.36. The Morgan fingerprint density at radius 3 is 2.62 bits per heavy atom. The van der Waals surface area contributed by atoms with Crippen molar-refractivity contribution in [1.29, 1.82) is 0 Å². The molecular formula is C21H23ClN2O5. The number of methoxy groups -OCH3 is 2. The van der Waals surface area contributed by atoms with Gasteiger partial charge in [-0.1, -0.05) is 18.5 Å². The van der Waals surface area contributed by atoms with Gasteiger partial charge in [-0.25, -0.2) is 0 Å². The number of ketones is 2. The second-order valence-corrected chi connectivity index (χ2v) is 7.91. The molecule has 7 nitrogen and oxygen atoms in total. The molecule has 2 aliphatic heterocycles. The normalized spacial score (nSPS) is 25.6. The molecule has 1 aromatic carbocycles. The van der Waals surface area contributed by atoms with Crippen LogP contribution in [-0.2, 0) is 4.79 Å². The number of carbonyl (C=O) groups excluding carboxylic acids is 2. The molecule has 1 N–H and O–H groups in total. The van der Waals surface area contributed by atoms with Gasteiger partial charge in [0.2, 0.25) is 17.2 Å². The Hall–Kier alpha value is -2.38. The number of aliphatic imine (C=N–C) groups is 1. The van der Waals surface area contributed by atoms with Crippen LogP contribution in [0.5, 0.6) is 17.2 Å². The van der Waals surface area contributed by atoms with Gasteiger partial charge in [0, 0.05) is 35.5 Å².